The topological polar surface area (TPSA) is 9.23 Å². The van der Waals surface area contributed by atoms with Crippen LogP contribution in [-0.2, 0) is 4.52 Å². The van der Waals surface area contributed by atoms with E-state index >= 15 is 0 Å². The lowest BCUT2D eigenvalue weighted by Gasteiger charge is -2.00. The van der Waals surface area contributed by atoms with Crippen molar-refractivity contribution in [1.29, 1.82) is 0 Å². The summed E-state index contributed by atoms with van der Waals surface area (Å²) in [5.41, 5.74) is 0. The van der Waals surface area contributed by atoms with Crippen molar-refractivity contribution < 1.29 is 8.72 Å². The Morgan fingerprint density at radius 1 is 1.83 bits per heavy atom. The fourth-order valence-corrected chi connectivity index (χ4v) is 0. The molecule has 0 aliphatic rings. The highest BCUT2D eigenvalue weighted by Crippen LogP contribution is 2.41. The summed E-state index contributed by atoms with van der Waals surface area (Å²) in [5.74, 6) is 0. The average molecular weight is 110 g/mol. The standard InChI is InChI=1S/C3H8FOP/c1-5-6(2,3)4/h2H2,1,3H3. The van der Waals surface area contributed by atoms with Gasteiger partial charge in [-0.25, -0.2) is 4.20 Å². The van der Waals surface area contributed by atoms with Crippen LogP contribution in [0, 0.1) is 0 Å². The van der Waals surface area contributed by atoms with Gasteiger partial charge in [-0.1, -0.05) is 0 Å². The third-order valence-electron chi connectivity index (χ3n) is 0.381. The van der Waals surface area contributed by atoms with Gasteiger partial charge < -0.3 is 4.52 Å². The largest absolute Gasteiger partial charge is 0.337 e. The van der Waals surface area contributed by atoms with Crippen LogP contribution in [0.5, 0.6) is 0 Å². The van der Waals surface area contributed by atoms with Crippen molar-refractivity contribution in [1.82, 2.24) is 0 Å². The van der Waals surface area contributed by atoms with Gasteiger partial charge >= 0.3 is 0 Å². The minimum absolute atomic E-state index is 1.32. The molecule has 0 saturated carbocycles. The van der Waals surface area contributed by atoms with E-state index in [1.54, 1.807) is 0 Å². The van der Waals surface area contributed by atoms with Crippen LogP contribution in [0.15, 0.2) is 0 Å². The number of hydrogen-bond acceptors (Lipinski definition) is 1. The van der Waals surface area contributed by atoms with Crippen LogP contribution in [0.3, 0.4) is 0 Å². The summed E-state index contributed by atoms with van der Waals surface area (Å²) in [4.78, 5) is 0. The molecule has 0 aromatic carbocycles. The zero-order valence-electron chi connectivity index (χ0n) is 3.94. The normalized spacial score (nSPS) is 19.8. The first-order valence-corrected chi connectivity index (χ1v) is 3.75. The Balaban J connectivity index is 3.48. The van der Waals surface area contributed by atoms with Crippen LogP contribution in [0.25, 0.3) is 0 Å². The Labute approximate surface area is 37.3 Å². The molecule has 0 rings (SSSR count). The summed E-state index contributed by atoms with van der Waals surface area (Å²) in [7, 11) is -1.33. The van der Waals surface area contributed by atoms with Crippen molar-refractivity contribution in [3.8, 4) is 0 Å². The molecule has 0 aromatic heterocycles. The molecular formula is C3H8FOP. The molecule has 38 valence electrons. The minimum atomic E-state index is -2.65. The van der Waals surface area contributed by atoms with E-state index in [1.165, 1.54) is 13.8 Å². The lowest BCUT2D eigenvalue weighted by Crippen LogP contribution is -1.69. The number of hydrogen-bond donors (Lipinski definition) is 0. The number of halogens is 1. The second kappa shape index (κ2) is 1.76. The Kier molecular flexibility index (Phi) is 1.82. The second-order valence-corrected chi connectivity index (χ2v) is 3.50. The lowest BCUT2D eigenvalue weighted by molar-refractivity contribution is 0.431. The zero-order chi connectivity index (χ0) is 5.21. The van der Waals surface area contributed by atoms with Gasteiger partial charge in [-0.05, 0) is 6.30 Å². The summed E-state index contributed by atoms with van der Waals surface area (Å²) in [5, 5.41) is 0. The highest BCUT2D eigenvalue weighted by molar-refractivity contribution is 7.63. The van der Waals surface area contributed by atoms with Crippen LogP contribution in [0.1, 0.15) is 0 Å². The summed E-state index contributed by atoms with van der Waals surface area (Å²) in [6, 6.07) is 0. The highest BCUT2D eigenvalue weighted by Gasteiger charge is 1.96. The molecule has 0 aromatic rings. The van der Waals surface area contributed by atoms with Crippen molar-refractivity contribution in [3.05, 3.63) is 0 Å². The summed E-state index contributed by atoms with van der Waals surface area (Å²) in [6.07, 6.45) is 3.11. The van der Waals surface area contributed by atoms with Crippen LogP contribution >= 0.6 is 7.42 Å². The van der Waals surface area contributed by atoms with Gasteiger partial charge in [-0.3, -0.25) is 0 Å². The first-order chi connectivity index (χ1) is 2.56. The molecular weight excluding hydrogens is 102 g/mol. The Morgan fingerprint density at radius 3 is 2.00 bits per heavy atom. The van der Waals surface area contributed by atoms with Crippen molar-refractivity contribution in [2.24, 2.45) is 0 Å². The summed E-state index contributed by atoms with van der Waals surface area (Å²) in [6.45, 7) is 1.35. The zero-order valence-corrected chi connectivity index (χ0v) is 4.83. The quantitative estimate of drug-likeness (QED) is 0.465. The molecule has 0 saturated heterocycles. The van der Waals surface area contributed by atoms with Gasteiger partial charge in [0.15, 0.2) is 7.42 Å². The summed E-state index contributed by atoms with van der Waals surface area (Å²) < 4.78 is 16.2. The van der Waals surface area contributed by atoms with E-state index in [1.807, 2.05) is 0 Å². The maximum absolute atomic E-state index is 11.9. The van der Waals surface area contributed by atoms with E-state index in [2.05, 4.69) is 10.8 Å². The molecule has 1 atom stereocenters. The van der Waals surface area contributed by atoms with Crippen molar-refractivity contribution in [3.63, 3.8) is 0 Å². The smallest absolute Gasteiger partial charge is 0.160 e. The Morgan fingerprint density at radius 2 is 2.00 bits per heavy atom. The molecule has 0 bridgehead atoms. The predicted octanol–water partition coefficient (Wildman–Crippen LogP) is 1.51. The van der Waals surface area contributed by atoms with Gasteiger partial charge in [0.1, 0.15) is 0 Å². The van der Waals surface area contributed by atoms with E-state index in [9.17, 15) is 4.20 Å². The van der Waals surface area contributed by atoms with Crippen molar-refractivity contribution >= 4 is 13.7 Å². The monoisotopic (exact) mass is 110 g/mol. The first kappa shape index (κ1) is 6.19. The maximum Gasteiger partial charge on any atom is 0.160 e. The van der Waals surface area contributed by atoms with Crippen molar-refractivity contribution in [2.75, 3.05) is 13.8 Å². The fraction of sp³-hybridized carbons (Fsp3) is 0.667. The Hall–Kier alpha value is 0.190. The third kappa shape index (κ3) is 4.19. The van der Waals surface area contributed by atoms with E-state index in [0.29, 0.717) is 0 Å². The van der Waals surface area contributed by atoms with Crippen LogP contribution < -0.4 is 0 Å². The van der Waals surface area contributed by atoms with Crippen molar-refractivity contribution in [2.45, 2.75) is 0 Å². The average Bonchev–Trinajstić information content (AvgIpc) is 1.35. The van der Waals surface area contributed by atoms with E-state index in [4.69, 9.17) is 0 Å². The summed E-state index contributed by atoms with van der Waals surface area (Å²) >= 11 is 0. The van der Waals surface area contributed by atoms with Gasteiger partial charge in [-0.2, -0.15) is 0 Å². The van der Waals surface area contributed by atoms with E-state index < -0.39 is 7.42 Å². The molecule has 0 amide bonds. The molecule has 0 aliphatic heterocycles. The molecule has 0 heterocycles. The van der Waals surface area contributed by atoms with Gasteiger partial charge in [0.05, 0.1) is 0 Å². The molecule has 1 unspecified atom stereocenters. The molecule has 0 fully saturated rings. The van der Waals surface area contributed by atoms with Gasteiger partial charge in [-0.15, -0.1) is 0 Å². The SMILES string of the molecule is C=P(C)(F)OC. The molecule has 3 heteroatoms. The van der Waals surface area contributed by atoms with Gasteiger partial charge in [0.2, 0.25) is 0 Å². The number of rotatable bonds is 1. The maximum atomic E-state index is 11.9. The van der Waals surface area contributed by atoms with Crippen LogP contribution in [0.4, 0.5) is 4.20 Å². The van der Waals surface area contributed by atoms with E-state index in [-0.39, 0.29) is 0 Å². The second-order valence-electron chi connectivity index (χ2n) is 1.17. The lowest BCUT2D eigenvalue weighted by atomic mass is 11.8. The van der Waals surface area contributed by atoms with Crippen LogP contribution in [-0.4, -0.2) is 20.1 Å². The first-order valence-electron chi connectivity index (χ1n) is 1.52. The highest BCUT2D eigenvalue weighted by atomic mass is 31.2. The third-order valence-corrected chi connectivity index (χ3v) is 1.14. The molecule has 0 aliphatic carbocycles. The van der Waals surface area contributed by atoms with Gasteiger partial charge in [0, 0.05) is 13.8 Å². The molecule has 1 nitrogen and oxygen atoms in total. The predicted molar refractivity (Wildman–Crippen MR) is 28.1 cm³/mol. The fourth-order valence-electron chi connectivity index (χ4n) is 0. The minimum Gasteiger partial charge on any atom is -0.337 e. The molecule has 6 heavy (non-hydrogen) atoms. The molecule has 0 spiro atoms. The van der Waals surface area contributed by atoms with Gasteiger partial charge in [0.25, 0.3) is 0 Å². The molecule has 0 N–H and O–H groups in total. The Bertz CT molecular complexity index is 74.9. The molecule has 0 radical (unpaired) electrons. The van der Waals surface area contributed by atoms with Crippen LogP contribution in [0.2, 0.25) is 0 Å². The van der Waals surface area contributed by atoms with E-state index in [0.717, 1.165) is 0 Å².